The Morgan fingerprint density at radius 2 is 1.75 bits per heavy atom. The molecular formula is C18H27NO. The number of ether oxygens (including phenoxy) is 1. The van der Waals surface area contributed by atoms with E-state index >= 15 is 0 Å². The van der Waals surface area contributed by atoms with Crippen molar-refractivity contribution in [2.45, 2.75) is 51.1 Å². The van der Waals surface area contributed by atoms with Gasteiger partial charge in [-0.15, -0.1) is 0 Å². The van der Waals surface area contributed by atoms with Gasteiger partial charge in [0.25, 0.3) is 0 Å². The highest BCUT2D eigenvalue weighted by molar-refractivity contribution is 5.30. The fourth-order valence-corrected chi connectivity index (χ4v) is 4.13. The fourth-order valence-electron chi connectivity index (χ4n) is 4.13. The van der Waals surface area contributed by atoms with Crippen molar-refractivity contribution in [1.29, 1.82) is 0 Å². The third-order valence-electron chi connectivity index (χ3n) is 5.24. The van der Waals surface area contributed by atoms with Gasteiger partial charge in [0.1, 0.15) is 0 Å². The van der Waals surface area contributed by atoms with E-state index in [1.165, 1.54) is 25.7 Å². The minimum atomic E-state index is 0.560. The molecule has 0 aromatic heterocycles. The van der Waals surface area contributed by atoms with Crippen LogP contribution in [0.15, 0.2) is 24.3 Å². The Morgan fingerprint density at radius 3 is 2.30 bits per heavy atom. The lowest BCUT2D eigenvalue weighted by atomic mass is 9.94. The number of methoxy groups -OCH3 is 1. The van der Waals surface area contributed by atoms with Gasteiger partial charge in [-0.3, -0.25) is 0 Å². The van der Waals surface area contributed by atoms with E-state index in [0.29, 0.717) is 12.1 Å². The Bertz CT molecular complexity index is 412. The number of hydrogen-bond acceptors (Lipinski definition) is 2. The van der Waals surface area contributed by atoms with Crippen LogP contribution in [0.4, 0.5) is 0 Å². The zero-order valence-corrected chi connectivity index (χ0v) is 12.8. The topological polar surface area (TPSA) is 21.3 Å². The second kappa shape index (κ2) is 6.28. The van der Waals surface area contributed by atoms with Gasteiger partial charge < -0.3 is 10.1 Å². The summed E-state index contributed by atoms with van der Waals surface area (Å²) in [5.74, 6) is 1.65. The van der Waals surface area contributed by atoms with Crippen molar-refractivity contribution in [3.05, 3.63) is 35.4 Å². The normalized spacial score (nSPS) is 29.8. The molecule has 2 bridgehead atoms. The molecule has 0 amide bonds. The highest BCUT2D eigenvalue weighted by Crippen LogP contribution is 2.40. The molecular weight excluding hydrogens is 246 g/mol. The Morgan fingerprint density at radius 1 is 1.15 bits per heavy atom. The minimum Gasteiger partial charge on any atom is -0.385 e. The highest BCUT2D eigenvalue weighted by atomic mass is 16.5. The summed E-state index contributed by atoms with van der Waals surface area (Å²) in [5.41, 5.74) is 3.19. The van der Waals surface area contributed by atoms with Crippen molar-refractivity contribution in [2.24, 2.45) is 11.8 Å². The van der Waals surface area contributed by atoms with Gasteiger partial charge in [-0.05, 0) is 62.0 Å². The zero-order valence-electron chi connectivity index (χ0n) is 12.8. The quantitative estimate of drug-likeness (QED) is 0.889. The van der Waals surface area contributed by atoms with Gasteiger partial charge in [0.2, 0.25) is 0 Å². The molecule has 1 saturated carbocycles. The van der Waals surface area contributed by atoms with Gasteiger partial charge in [-0.1, -0.05) is 24.3 Å². The molecule has 1 fully saturated rings. The van der Waals surface area contributed by atoms with Gasteiger partial charge >= 0.3 is 0 Å². The maximum Gasteiger partial charge on any atom is 0.0476 e. The SMILES string of the molecule is COCCC(C)NC1C2CCC1Cc1ccccc1C2. The molecule has 2 aliphatic rings. The van der Waals surface area contributed by atoms with Crippen LogP contribution in [0.1, 0.15) is 37.3 Å². The van der Waals surface area contributed by atoms with Gasteiger partial charge in [-0.2, -0.15) is 0 Å². The predicted octanol–water partition coefficient (Wildman–Crippen LogP) is 3.19. The number of rotatable bonds is 5. The summed E-state index contributed by atoms with van der Waals surface area (Å²) < 4.78 is 5.21. The van der Waals surface area contributed by atoms with Crippen LogP contribution in [-0.4, -0.2) is 25.8 Å². The average molecular weight is 273 g/mol. The molecule has 0 heterocycles. The largest absolute Gasteiger partial charge is 0.385 e. The van der Waals surface area contributed by atoms with Crippen molar-refractivity contribution >= 4 is 0 Å². The smallest absolute Gasteiger partial charge is 0.0476 e. The zero-order chi connectivity index (χ0) is 13.9. The van der Waals surface area contributed by atoms with Crippen LogP contribution in [0.5, 0.6) is 0 Å². The van der Waals surface area contributed by atoms with Gasteiger partial charge in [0.05, 0.1) is 0 Å². The summed E-state index contributed by atoms with van der Waals surface area (Å²) in [4.78, 5) is 0. The second-order valence-corrected chi connectivity index (χ2v) is 6.65. The van der Waals surface area contributed by atoms with Gasteiger partial charge in [0.15, 0.2) is 0 Å². The average Bonchev–Trinajstić information content (AvgIpc) is 2.71. The molecule has 0 spiro atoms. The molecule has 1 N–H and O–H groups in total. The predicted molar refractivity (Wildman–Crippen MR) is 82.9 cm³/mol. The molecule has 2 heteroatoms. The summed E-state index contributed by atoms with van der Waals surface area (Å²) in [7, 11) is 1.79. The van der Waals surface area contributed by atoms with E-state index in [9.17, 15) is 0 Å². The first-order valence-corrected chi connectivity index (χ1v) is 8.09. The Labute approximate surface area is 122 Å². The second-order valence-electron chi connectivity index (χ2n) is 6.65. The number of benzene rings is 1. The third-order valence-corrected chi connectivity index (χ3v) is 5.24. The van der Waals surface area contributed by atoms with E-state index in [-0.39, 0.29) is 0 Å². The Hall–Kier alpha value is -0.860. The molecule has 2 nitrogen and oxygen atoms in total. The van der Waals surface area contributed by atoms with Crippen LogP contribution in [0.2, 0.25) is 0 Å². The van der Waals surface area contributed by atoms with E-state index in [1.807, 2.05) is 0 Å². The summed E-state index contributed by atoms with van der Waals surface area (Å²) in [6, 6.07) is 10.3. The number of hydrogen-bond donors (Lipinski definition) is 1. The minimum absolute atomic E-state index is 0.560. The first-order valence-electron chi connectivity index (χ1n) is 8.09. The molecule has 1 aromatic carbocycles. The Balaban J connectivity index is 1.69. The molecule has 110 valence electrons. The first kappa shape index (κ1) is 14.1. The van der Waals surface area contributed by atoms with Gasteiger partial charge in [0, 0.05) is 25.8 Å². The maximum absolute atomic E-state index is 5.21. The molecule has 0 aliphatic heterocycles. The number of fused-ring (bicyclic) bond motifs is 3. The van der Waals surface area contributed by atoms with Crippen molar-refractivity contribution in [1.82, 2.24) is 5.32 Å². The van der Waals surface area contributed by atoms with Crippen LogP contribution in [0.3, 0.4) is 0 Å². The van der Waals surface area contributed by atoms with Crippen LogP contribution in [-0.2, 0) is 17.6 Å². The van der Waals surface area contributed by atoms with Crippen molar-refractivity contribution in [2.75, 3.05) is 13.7 Å². The molecule has 0 radical (unpaired) electrons. The molecule has 1 aromatic rings. The van der Waals surface area contributed by atoms with E-state index in [0.717, 1.165) is 24.9 Å². The summed E-state index contributed by atoms with van der Waals surface area (Å²) in [6.07, 6.45) is 6.43. The standard InChI is InChI=1S/C18H27NO/c1-13(9-10-20-2)19-18-16-7-8-17(18)12-15-6-4-3-5-14(15)11-16/h3-6,13,16-19H,7-12H2,1-2H3. The summed E-state index contributed by atoms with van der Waals surface area (Å²) in [6.45, 7) is 3.16. The lowest BCUT2D eigenvalue weighted by Crippen LogP contribution is -2.43. The first-order chi connectivity index (χ1) is 9.78. The fraction of sp³-hybridized carbons (Fsp3) is 0.667. The molecule has 3 atom stereocenters. The van der Waals surface area contributed by atoms with E-state index in [4.69, 9.17) is 4.74 Å². The molecule has 0 saturated heterocycles. The highest BCUT2D eigenvalue weighted by Gasteiger charge is 2.39. The van der Waals surface area contributed by atoms with Crippen LogP contribution in [0, 0.1) is 11.8 Å². The van der Waals surface area contributed by atoms with E-state index in [1.54, 1.807) is 18.2 Å². The van der Waals surface area contributed by atoms with Gasteiger partial charge in [-0.25, -0.2) is 0 Å². The lowest BCUT2D eigenvalue weighted by Gasteiger charge is -2.27. The maximum atomic E-state index is 5.21. The summed E-state index contributed by atoms with van der Waals surface area (Å²) in [5, 5.41) is 3.91. The number of nitrogens with one attached hydrogen (secondary N) is 1. The van der Waals surface area contributed by atoms with Crippen LogP contribution in [0.25, 0.3) is 0 Å². The molecule has 3 unspecified atom stereocenters. The monoisotopic (exact) mass is 273 g/mol. The molecule has 3 rings (SSSR count). The van der Waals surface area contributed by atoms with Crippen molar-refractivity contribution < 1.29 is 4.74 Å². The molecule has 2 aliphatic carbocycles. The third kappa shape index (κ3) is 2.91. The van der Waals surface area contributed by atoms with Crippen LogP contribution >= 0.6 is 0 Å². The van der Waals surface area contributed by atoms with Crippen LogP contribution < -0.4 is 5.32 Å². The Kier molecular flexibility index (Phi) is 4.42. The summed E-state index contributed by atoms with van der Waals surface area (Å²) >= 11 is 0. The van der Waals surface area contributed by atoms with E-state index < -0.39 is 0 Å². The van der Waals surface area contributed by atoms with E-state index in [2.05, 4.69) is 36.5 Å². The molecule has 20 heavy (non-hydrogen) atoms. The van der Waals surface area contributed by atoms with Crippen molar-refractivity contribution in [3.63, 3.8) is 0 Å². The van der Waals surface area contributed by atoms with Crippen molar-refractivity contribution in [3.8, 4) is 0 Å². The lowest BCUT2D eigenvalue weighted by molar-refractivity contribution is 0.178.